The molecule has 0 aliphatic heterocycles. The first-order chi connectivity index (χ1) is 11.9. The Labute approximate surface area is 148 Å². The smallest absolute Gasteiger partial charge is 0.210 e. The summed E-state index contributed by atoms with van der Waals surface area (Å²) in [6, 6.07) is 15.0. The lowest BCUT2D eigenvalue weighted by Crippen LogP contribution is -2.33. The monoisotopic (exact) mass is 333 g/mol. The standard InChI is InChI=1S/C22H23NO2/c1-13(2)15-9-11-16(12-10-15)19-20(23-14(3)4)22(25)18-8-6-5-7-17(18)21(19)24/h5-14,23H,1-4H3. The predicted molar refractivity (Wildman–Crippen MR) is 101 cm³/mol. The van der Waals surface area contributed by atoms with Gasteiger partial charge in [0.15, 0.2) is 5.78 Å². The summed E-state index contributed by atoms with van der Waals surface area (Å²) < 4.78 is 0. The molecule has 3 rings (SSSR count). The Bertz CT molecular complexity index is 858. The van der Waals surface area contributed by atoms with Gasteiger partial charge in [-0.05, 0) is 30.9 Å². The molecule has 2 aromatic rings. The van der Waals surface area contributed by atoms with E-state index in [1.54, 1.807) is 24.3 Å². The van der Waals surface area contributed by atoms with Crippen molar-refractivity contribution in [3.63, 3.8) is 0 Å². The van der Waals surface area contributed by atoms with Crippen LogP contribution in [-0.2, 0) is 0 Å². The van der Waals surface area contributed by atoms with Crippen molar-refractivity contribution >= 4 is 17.1 Å². The number of hydrogen-bond acceptors (Lipinski definition) is 3. The van der Waals surface area contributed by atoms with E-state index in [1.807, 2.05) is 38.1 Å². The second-order valence-electron chi connectivity index (χ2n) is 7.03. The quantitative estimate of drug-likeness (QED) is 0.889. The number of rotatable bonds is 4. The topological polar surface area (TPSA) is 46.2 Å². The highest BCUT2D eigenvalue weighted by molar-refractivity contribution is 6.40. The van der Waals surface area contributed by atoms with Crippen molar-refractivity contribution in [3.05, 3.63) is 76.5 Å². The zero-order chi connectivity index (χ0) is 18.1. The minimum atomic E-state index is -0.119. The molecular formula is C22H23NO2. The SMILES string of the molecule is CC(C)NC1=C(c2ccc(C(C)C)cc2)C(=O)c2ccccc2C1=O. The second-order valence-corrected chi connectivity index (χ2v) is 7.03. The minimum Gasteiger partial charge on any atom is -0.379 e. The maximum Gasteiger partial charge on any atom is 0.210 e. The molecule has 0 bridgehead atoms. The number of hydrogen-bond donors (Lipinski definition) is 1. The van der Waals surface area contributed by atoms with Crippen LogP contribution in [0.15, 0.2) is 54.2 Å². The van der Waals surface area contributed by atoms with Gasteiger partial charge in [-0.15, -0.1) is 0 Å². The highest BCUT2D eigenvalue weighted by Crippen LogP contribution is 2.32. The van der Waals surface area contributed by atoms with E-state index in [1.165, 1.54) is 5.56 Å². The van der Waals surface area contributed by atoms with Gasteiger partial charge in [0.25, 0.3) is 0 Å². The summed E-state index contributed by atoms with van der Waals surface area (Å²) in [4.78, 5) is 26.1. The first-order valence-corrected chi connectivity index (χ1v) is 8.69. The summed E-state index contributed by atoms with van der Waals surface area (Å²) in [5.74, 6) is 0.197. The van der Waals surface area contributed by atoms with E-state index < -0.39 is 0 Å². The normalized spacial score (nSPS) is 14.3. The molecule has 0 heterocycles. The van der Waals surface area contributed by atoms with Crippen LogP contribution in [0.4, 0.5) is 0 Å². The average molecular weight is 333 g/mol. The number of fused-ring (bicyclic) bond motifs is 1. The Kier molecular flexibility index (Phi) is 4.58. The number of nitrogens with one attached hydrogen (secondary N) is 1. The van der Waals surface area contributed by atoms with Crippen molar-refractivity contribution < 1.29 is 9.59 Å². The van der Waals surface area contributed by atoms with Crippen molar-refractivity contribution in [2.24, 2.45) is 0 Å². The Morgan fingerprint density at radius 3 is 1.84 bits per heavy atom. The molecule has 0 spiro atoms. The van der Waals surface area contributed by atoms with Crippen LogP contribution in [0.5, 0.6) is 0 Å². The number of benzene rings is 2. The Morgan fingerprint density at radius 2 is 1.32 bits per heavy atom. The fraction of sp³-hybridized carbons (Fsp3) is 0.273. The summed E-state index contributed by atoms with van der Waals surface area (Å²) in [7, 11) is 0. The van der Waals surface area contributed by atoms with Gasteiger partial charge in [0.05, 0.1) is 11.3 Å². The van der Waals surface area contributed by atoms with Crippen molar-refractivity contribution in [1.82, 2.24) is 5.32 Å². The van der Waals surface area contributed by atoms with Crippen LogP contribution in [0.3, 0.4) is 0 Å². The summed E-state index contributed by atoms with van der Waals surface area (Å²) in [5, 5.41) is 3.20. The third-order valence-corrected chi connectivity index (χ3v) is 4.42. The molecule has 0 amide bonds. The van der Waals surface area contributed by atoms with Crippen molar-refractivity contribution in [2.75, 3.05) is 0 Å². The fourth-order valence-electron chi connectivity index (χ4n) is 3.11. The first-order valence-electron chi connectivity index (χ1n) is 8.69. The van der Waals surface area contributed by atoms with E-state index in [9.17, 15) is 9.59 Å². The average Bonchev–Trinajstić information content (AvgIpc) is 2.59. The van der Waals surface area contributed by atoms with Crippen LogP contribution in [-0.4, -0.2) is 17.6 Å². The molecule has 128 valence electrons. The van der Waals surface area contributed by atoms with E-state index in [0.29, 0.717) is 28.3 Å². The predicted octanol–water partition coefficient (Wildman–Crippen LogP) is 4.60. The third-order valence-electron chi connectivity index (χ3n) is 4.42. The molecule has 0 unspecified atom stereocenters. The van der Waals surface area contributed by atoms with Crippen LogP contribution < -0.4 is 5.32 Å². The number of allylic oxidation sites excluding steroid dienone is 2. The summed E-state index contributed by atoms with van der Waals surface area (Å²) in [6.45, 7) is 8.19. The first kappa shape index (κ1) is 17.2. The van der Waals surface area contributed by atoms with Crippen molar-refractivity contribution in [3.8, 4) is 0 Å². The summed E-state index contributed by atoms with van der Waals surface area (Å²) in [5.41, 5.74) is 3.80. The molecule has 1 aliphatic carbocycles. The minimum absolute atomic E-state index is 0.0574. The maximum atomic E-state index is 13.1. The van der Waals surface area contributed by atoms with Crippen LogP contribution in [0, 0.1) is 0 Å². The highest BCUT2D eigenvalue weighted by Gasteiger charge is 2.33. The summed E-state index contributed by atoms with van der Waals surface area (Å²) in [6.07, 6.45) is 0. The van der Waals surface area contributed by atoms with Crippen molar-refractivity contribution in [2.45, 2.75) is 39.7 Å². The molecule has 2 aromatic carbocycles. The summed E-state index contributed by atoms with van der Waals surface area (Å²) >= 11 is 0. The molecular weight excluding hydrogens is 310 g/mol. The molecule has 0 fully saturated rings. The van der Waals surface area contributed by atoms with E-state index in [2.05, 4.69) is 19.2 Å². The Morgan fingerprint density at radius 1 is 0.760 bits per heavy atom. The molecule has 1 N–H and O–H groups in total. The Balaban J connectivity index is 2.17. The van der Waals surface area contributed by atoms with Gasteiger partial charge in [-0.3, -0.25) is 9.59 Å². The second kappa shape index (κ2) is 6.67. The highest BCUT2D eigenvalue weighted by atomic mass is 16.1. The van der Waals surface area contributed by atoms with Gasteiger partial charge in [-0.25, -0.2) is 0 Å². The van der Waals surface area contributed by atoms with Crippen LogP contribution >= 0.6 is 0 Å². The van der Waals surface area contributed by atoms with Gasteiger partial charge in [0.1, 0.15) is 0 Å². The van der Waals surface area contributed by atoms with Crippen LogP contribution in [0.2, 0.25) is 0 Å². The lowest BCUT2D eigenvalue weighted by atomic mass is 9.83. The van der Waals surface area contributed by atoms with E-state index in [0.717, 1.165) is 5.56 Å². The molecule has 0 radical (unpaired) electrons. The molecule has 0 saturated carbocycles. The number of carbonyl (C=O) groups is 2. The fourth-order valence-corrected chi connectivity index (χ4v) is 3.11. The van der Waals surface area contributed by atoms with Gasteiger partial charge < -0.3 is 5.32 Å². The molecule has 25 heavy (non-hydrogen) atoms. The molecule has 1 aliphatic rings. The molecule has 0 saturated heterocycles. The lowest BCUT2D eigenvalue weighted by Gasteiger charge is -2.24. The van der Waals surface area contributed by atoms with E-state index in [4.69, 9.17) is 0 Å². The van der Waals surface area contributed by atoms with Gasteiger partial charge in [0, 0.05) is 17.2 Å². The molecule has 0 aromatic heterocycles. The van der Waals surface area contributed by atoms with Crippen molar-refractivity contribution in [1.29, 1.82) is 0 Å². The maximum absolute atomic E-state index is 13.1. The van der Waals surface area contributed by atoms with E-state index in [-0.39, 0.29) is 17.6 Å². The molecule has 3 nitrogen and oxygen atoms in total. The molecule has 0 atom stereocenters. The molecule has 3 heteroatoms. The zero-order valence-electron chi connectivity index (χ0n) is 15.1. The number of Topliss-reactive ketones (excluding diaryl/α,β-unsaturated/α-hetero) is 2. The largest absolute Gasteiger partial charge is 0.379 e. The Hall–Kier alpha value is -2.68. The van der Waals surface area contributed by atoms with Crippen LogP contribution in [0.1, 0.15) is 65.5 Å². The van der Waals surface area contributed by atoms with Gasteiger partial charge >= 0.3 is 0 Å². The lowest BCUT2D eigenvalue weighted by molar-refractivity contribution is 0.0984. The number of carbonyl (C=O) groups excluding carboxylic acids is 2. The van der Waals surface area contributed by atoms with Gasteiger partial charge in [0.2, 0.25) is 5.78 Å². The van der Waals surface area contributed by atoms with Gasteiger partial charge in [-0.1, -0.05) is 62.4 Å². The van der Waals surface area contributed by atoms with Crippen LogP contribution in [0.25, 0.3) is 5.57 Å². The number of ketones is 2. The van der Waals surface area contributed by atoms with E-state index >= 15 is 0 Å². The third kappa shape index (κ3) is 3.14. The van der Waals surface area contributed by atoms with Gasteiger partial charge in [-0.2, -0.15) is 0 Å². The zero-order valence-corrected chi connectivity index (χ0v) is 15.1.